The van der Waals surface area contributed by atoms with E-state index in [0.29, 0.717) is 27.2 Å². The summed E-state index contributed by atoms with van der Waals surface area (Å²) >= 11 is 9.53. The van der Waals surface area contributed by atoms with Crippen molar-refractivity contribution in [3.05, 3.63) is 108 Å². The van der Waals surface area contributed by atoms with Gasteiger partial charge in [0, 0.05) is 15.2 Å². The van der Waals surface area contributed by atoms with Crippen LogP contribution in [0.25, 0.3) is 11.0 Å². The summed E-state index contributed by atoms with van der Waals surface area (Å²) in [5.74, 6) is -0.252. The van der Waals surface area contributed by atoms with E-state index in [4.69, 9.17) is 16.0 Å². The second-order valence-corrected chi connectivity index (χ2v) is 9.06. The molecule has 0 spiro atoms. The van der Waals surface area contributed by atoms with E-state index in [1.54, 1.807) is 17.0 Å². The van der Waals surface area contributed by atoms with Crippen LogP contribution in [-0.2, 0) is 0 Å². The molecule has 1 aliphatic rings. The number of hydrogen-bond acceptors (Lipinski definition) is 3. The maximum Gasteiger partial charge on any atom is 0.295 e. The molecule has 31 heavy (non-hydrogen) atoms. The molecule has 4 aromatic rings. The Balaban J connectivity index is 1.82. The number of rotatable bonds is 2. The van der Waals surface area contributed by atoms with Gasteiger partial charge in [0.05, 0.1) is 17.0 Å². The highest BCUT2D eigenvalue weighted by Crippen LogP contribution is 2.41. The van der Waals surface area contributed by atoms with Crippen LogP contribution in [0.5, 0.6) is 0 Å². The zero-order chi connectivity index (χ0) is 21.9. The minimum Gasteiger partial charge on any atom is -0.450 e. The Morgan fingerprint density at radius 3 is 2.26 bits per heavy atom. The van der Waals surface area contributed by atoms with Gasteiger partial charge < -0.3 is 4.42 Å². The number of anilines is 1. The van der Waals surface area contributed by atoms with Gasteiger partial charge in [0.25, 0.3) is 5.91 Å². The Kier molecular flexibility index (Phi) is 4.76. The average molecular weight is 495 g/mol. The van der Waals surface area contributed by atoms with Gasteiger partial charge in [-0.05, 0) is 79.1 Å². The lowest BCUT2D eigenvalue weighted by molar-refractivity contribution is 0.0971. The number of benzene rings is 3. The Hall–Kier alpha value is -2.89. The summed E-state index contributed by atoms with van der Waals surface area (Å²) in [5.41, 5.74) is 4.05. The van der Waals surface area contributed by atoms with Gasteiger partial charge in [-0.3, -0.25) is 14.5 Å². The minimum absolute atomic E-state index is 0.0867. The SMILES string of the molecule is Cc1cc2oc3c(c(=O)c2cc1C)C(c1ccc(Cl)cc1)N(c1ccc(Br)cc1)C3=O. The molecule has 0 saturated heterocycles. The predicted octanol–water partition coefficient (Wildman–Crippen LogP) is 6.58. The molecular formula is C25H17BrClNO3. The van der Waals surface area contributed by atoms with E-state index in [0.717, 1.165) is 21.2 Å². The van der Waals surface area contributed by atoms with Gasteiger partial charge >= 0.3 is 0 Å². The van der Waals surface area contributed by atoms with Crippen molar-refractivity contribution >= 4 is 50.1 Å². The fraction of sp³-hybridized carbons (Fsp3) is 0.120. The molecule has 1 atom stereocenters. The second kappa shape index (κ2) is 7.36. The normalized spacial score (nSPS) is 15.5. The molecule has 1 unspecified atom stereocenters. The third-order valence-corrected chi connectivity index (χ3v) is 6.56. The molecule has 0 aliphatic carbocycles. The van der Waals surface area contributed by atoms with Crippen LogP contribution in [0.2, 0.25) is 5.02 Å². The molecule has 0 N–H and O–H groups in total. The second-order valence-electron chi connectivity index (χ2n) is 7.71. The van der Waals surface area contributed by atoms with Crippen molar-refractivity contribution < 1.29 is 9.21 Å². The summed E-state index contributed by atoms with van der Waals surface area (Å²) in [6, 6.07) is 17.7. The van der Waals surface area contributed by atoms with E-state index in [-0.39, 0.29) is 17.1 Å². The molecule has 1 amide bonds. The zero-order valence-electron chi connectivity index (χ0n) is 16.8. The molecule has 1 aliphatic heterocycles. The molecule has 6 heteroatoms. The number of halogens is 2. The standard InChI is InChI=1S/C25H17BrClNO3/c1-13-11-19-20(12-14(13)2)31-24-21(23(19)29)22(15-3-7-17(27)8-4-15)28(25(24)30)18-9-5-16(26)6-10-18/h3-12,22H,1-2H3. The first-order chi connectivity index (χ1) is 14.8. The highest BCUT2D eigenvalue weighted by molar-refractivity contribution is 9.10. The third-order valence-electron chi connectivity index (χ3n) is 5.78. The van der Waals surface area contributed by atoms with Crippen LogP contribution in [0.15, 0.2) is 74.3 Å². The molecule has 0 bridgehead atoms. The molecular weight excluding hydrogens is 478 g/mol. The molecule has 4 nitrogen and oxygen atoms in total. The fourth-order valence-corrected chi connectivity index (χ4v) is 4.45. The zero-order valence-corrected chi connectivity index (χ0v) is 19.1. The van der Waals surface area contributed by atoms with Crippen LogP contribution in [0.4, 0.5) is 5.69 Å². The van der Waals surface area contributed by atoms with Crippen molar-refractivity contribution in [2.24, 2.45) is 0 Å². The number of hydrogen-bond donors (Lipinski definition) is 0. The highest BCUT2D eigenvalue weighted by atomic mass is 79.9. The fourth-order valence-electron chi connectivity index (χ4n) is 4.06. The maximum atomic E-state index is 13.6. The van der Waals surface area contributed by atoms with Gasteiger partial charge in [0.2, 0.25) is 5.76 Å². The Morgan fingerprint density at radius 1 is 0.935 bits per heavy atom. The molecule has 0 radical (unpaired) electrons. The van der Waals surface area contributed by atoms with E-state index in [1.807, 2.05) is 62.4 Å². The molecule has 0 saturated carbocycles. The molecule has 2 heterocycles. The molecule has 154 valence electrons. The van der Waals surface area contributed by atoms with Crippen LogP contribution in [0.3, 0.4) is 0 Å². The quantitative estimate of drug-likeness (QED) is 0.316. The van der Waals surface area contributed by atoms with Crippen LogP contribution < -0.4 is 10.3 Å². The van der Waals surface area contributed by atoms with Crippen molar-refractivity contribution in [1.82, 2.24) is 0 Å². The van der Waals surface area contributed by atoms with Gasteiger partial charge in [-0.15, -0.1) is 0 Å². The first kappa shape index (κ1) is 20.0. The molecule has 3 aromatic carbocycles. The molecule has 1 aromatic heterocycles. The van der Waals surface area contributed by atoms with E-state index in [2.05, 4.69) is 15.9 Å². The lowest BCUT2D eigenvalue weighted by atomic mass is 9.97. The molecule has 5 rings (SSSR count). The van der Waals surface area contributed by atoms with Crippen molar-refractivity contribution in [3.63, 3.8) is 0 Å². The van der Waals surface area contributed by atoms with Crippen LogP contribution in [0.1, 0.15) is 38.9 Å². The largest absolute Gasteiger partial charge is 0.450 e. The topological polar surface area (TPSA) is 50.5 Å². The lowest BCUT2D eigenvalue weighted by Gasteiger charge is -2.25. The van der Waals surface area contributed by atoms with Crippen LogP contribution in [0, 0.1) is 13.8 Å². The summed E-state index contributed by atoms with van der Waals surface area (Å²) < 4.78 is 6.96. The van der Waals surface area contributed by atoms with Crippen molar-refractivity contribution in [3.8, 4) is 0 Å². The van der Waals surface area contributed by atoms with Gasteiger partial charge in [0.1, 0.15) is 5.58 Å². The maximum absolute atomic E-state index is 13.6. The predicted molar refractivity (Wildman–Crippen MR) is 126 cm³/mol. The minimum atomic E-state index is -0.608. The molecule has 0 fully saturated rings. The highest BCUT2D eigenvalue weighted by Gasteiger charge is 2.43. The summed E-state index contributed by atoms with van der Waals surface area (Å²) in [7, 11) is 0. The first-order valence-electron chi connectivity index (χ1n) is 9.77. The average Bonchev–Trinajstić information content (AvgIpc) is 3.04. The van der Waals surface area contributed by atoms with Gasteiger partial charge in [-0.1, -0.05) is 39.7 Å². The van der Waals surface area contributed by atoms with Gasteiger partial charge in [-0.25, -0.2) is 0 Å². The number of fused-ring (bicyclic) bond motifs is 2. The summed E-state index contributed by atoms with van der Waals surface area (Å²) in [5, 5.41) is 1.06. The first-order valence-corrected chi connectivity index (χ1v) is 10.9. The van der Waals surface area contributed by atoms with Crippen LogP contribution >= 0.6 is 27.5 Å². The Morgan fingerprint density at radius 2 is 1.58 bits per heavy atom. The van der Waals surface area contributed by atoms with E-state index >= 15 is 0 Å². The monoisotopic (exact) mass is 493 g/mol. The van der Waals surface area contributed by atoms with Crippen LogP contribution in [-0.4, -0.2) is 5.91 Å². The number of carbonyl (C=O) groups is 1. The van der Waals surface area contributed by atoms with Crippen molar-refractivity contribution in [1.29, 1.82) is 0 Å². The van der Waals surface area contributed by atoms with E-state index in [9.17, 15) is 9.59 Å². The summed E-state index contributed by atoms with van der Waals surface area (Å²) in [6.45, 7) is 3.91. The third kappa shape index (κ3) is 3.20. The van der Waals surface area contributed by atoms with E-state index < -0.39 is 6.04 Å². The number of carbonyl (C=O) groups excluding carboxylic acids is 1. The van der Waals surface area contributed by atoms with Gasteiger partial charge in [-0.2, -0.15) is 0 Å². The number of amides is 1. The number of nitrogens with zero attached hydrogens (tertiary/aromatic N) is 1. The Bertz CT molecular complexity index is 1410. The lowest BCUT2D eigenvalue weighted by Crippen LogP contribution is -2.29. The Labute approximate surface area is 192 Å². The smallest absolute Gasteiger partial charge is 0.295 e. The summed E-state index contributed by atoms with van der Waals surface area (Å²) in [4.78, 5) is 28.8. The van der Waals surface area contributed by atoms with E-state index in [1.165, 1.54) is 0 Å². The van der Waals surface area contributed by atoms with Crippen molar-refractivity contribution in [2.45, 2.75) is 19.9 Å². The number of aryl methyl sites for hydroxylation is 2. The summed E-state index contributed by atoms with van der Waals surface area (Å²) in [6.07, 6.45) is 0. The van der Waals surface area contributed by atoms with Crippen molar-refractivity contribution in [2.75, 3.05) is 4.90 Å². The van der Waals surface area contributed by atoms with Gasteiger partial charge in [0.15, 0.2) is 5.43 Å².